The first-order chi connectivity index (χ1) is 9.84. The van der Waals surface area contributed by atoms with Crippen molar-refractivity contribution in [3.63, 3.8) is 0 Å². The smallest absolute Gasteiger partial charge is 0.315 e. The minimum Gasteiger partial charge on any atom is -0.508 e. The Bertz CT molecular complexity index is 445. The Morgan fingerprint density at radius 1 is 1.33 bits per heavy atom. The maximum atomic E-state index is 11.8. The highest BCUT2D eigenvalue weighted by Crippen LogP contribution is 2.16. The van der Waals surface area contributed by atoms with Gasteiger partial charge in [0.2, 0.25) is 0 Å². The van der Waals surface area contributed by atoms with Crippen LogP contribution in [0.1, 0.15) is 32.4 Å². The molecule has 1 aromatic rings. The number of benzene rings is 1. The van der Waals surface area contributed by atoms with Crippen LogP contribution in [0.5, 0.6) is 5.75 Å². The van der Waals surface area contributed by atoms with Crippen LogP contribution in [0.25, 0.3) is 0 Å². The Morgan fingerprint density at radius 2 is 1.95 bits per heavy atom. The van der Waals surface area contributed by atoms with E-state index in [2.05, 4.69) is 10.6 Å². The molecule has 21 heavy (non-hydrogen) atoms. The molecule has 1 aromatic carbocycles. The zero-order valence-electron chi connectivity index (χ0n) is 12.7. The van der Waals surface area contributed by atoms with E-state index in [1.807, 2.05) is 20.8 Å². The van der Waals surface area contributed by atoms with Crippen LogP contribution < -0.4 is 10.6 Å². The van der Waals surface area contributed by atoms with E-state index in [4.69, 9.17) is 4.74 Å². The average molecular weight is 296 g/mol. The number of phenols is 1. The molecule has 1 atom stereocenters. The first-order valence-corrected chi connectivity index (χ1v) is 6.95. The highest BCUT2D eigenvalue weighted by Gasteiger charge is 2.20. The lowest BCUT2D eigenvalue weighted by molar-refractivity contribution is 0.0945. The van der Waals surface area contributed by atoms with Gasteiger partial charge in [0.1, 0.15) is 5.75 Å². The largest absolute Gasteiger partial charge is 0.508 e. The molecule has 0 fully saturated rings. The Morgan fingerprint density at radius 3 is 2.52 bits per heavy atom. The number of aliphatic hydroxyl groups excluding tert-OH is 1. The summed E-state index contributed by atoms with van der Waals surface area (Å²) in [6.07, 6.45) is -0.827. The molecule has 0 aliphatic rings. The number of carbonyl (C=O) groups is 1. The lowest BCUT2D eigenvalue weighted by Crippen LogP contribution is -2.51. The molecule has 0 aliphatic heterocycles. The third-order valence-corrected chi connectivity index (χ3v) is 2.85. The number of amides is 2. The van der Waals surface area contributed by atoms with Gasteiger partial charge in [-0.05, 0) is 38.5 Å². The van der Waals surface area contributed by atoms with Crippen molar-refractivity contribution in [2.45, 2.75) is 32.4 Å². The Hall–Kier alpha value is -1.79. The van der Waals surface area contributed by atoms with Crippen molar-refractivity contribution >= 4 is 6.03 Å². The molecular formula is C15H24N2O4. The van der Waals surface area contributed by atoms with Crippen molar-refractivity contribution in [2.24, 2.45) is 0 Å². The molecule has 1 rings (SSSR count). The molecule has 6 nitrogen and oxygen atoms in total. The van der Waals surface area contributed by atoms with Crippen molar-refractivity contribution in [2.75, 3.05) is 19.8 Å². The van der Waals surface area contributed by atoms with Gasteiger partial charge in [0, 0.05) is 13.2 Å². The van der Waals surface area contributed by atoms with Crippen LogP contribution in [-0.2, 0) is 4.74 Å². The van der Waals surface area contributed by atoms with Crippen LogP contribution >= 0.6 is 0 Å². The maximum absolute atomic E-state index is 11.8. The number of phenolic OH excluding ortho intramolecular Hbond substituents is 1. The van der Waals surface area contributed by atoms with Gasteiger partial charge in [-0.2, -0.15) is 0 Å². The number of aliphatic hydroxyl groups is 1. The molecule has 0 radical (unpaired) electrons. The van der Waals surface area contributed by atoms with E-state index in [1.54, 1.807) is 12.1 Å². The molecule has 6 heteroatoms. The summed E-state index contributed by atoms with van der Waals surface area (Å²) in [4.78, 5) is 11.8. The summed E-state index contributed by atoms with van der Waals surface area (Å²) < 4.78 is 5.29. The zero-order valence-corrected chi connectivity index (χ0v) is 12.7. The molecule has 0 saturated heterocycles. The number of hydrogen-bond acceptors (Lipinski definition) is 4. The summed E-state index contributed by atoms with van der Waals surface area (Å²) in [6.45, 7) is 6.70. The Kier molecular flexibility index (Phi) is 6.45. The predicted molar refractivity (Wildman–Crippen MR) is 80.2 cm³/mol. The number of rotatable bonds is 7. The zero-order chi connectivity index (χ0) is 15.9. The maximum Gasteiger partial charge on any atom is 0.315 e. The summed E-state index contributed by atoms with van der Waals surface area (Å²) in [7, 11) is 0. The van der Waals surface area contributed by atoms with Gasteiger partial charge in [-0.15, -0.1) is 0 Å². The average Bonchev–Trinajstić information content (AvgIpc) is 2.43. The van der Waals surface area contributed by atoms with Crippen LogP contribution in [0, 0.1) is 0 Å². The van der Waals surface area contributed by atoms with Crippen molar-refractivity contribution in [3.8, 4) is 5.75 Å². The molecule has 0 saturated carbocycles. The van der Waals surface area contributed by atoms with E-state index in [-0.39, 0.29) is 18.3 Å². The second kappa shape index (κ2) is 7.85. The number of hydrogen-bond donors (Lipinski definition) is 4. The topological polar surface area (TPSA) is 90.8 Å². The van der Waals surface area contributed by atoms with Crippen LogP contribution in [-0.4, -0.2) is 41.5 Å². The van der Waals surface area contributed by atoms with E-state index in [0.717, 1.165) is 0 Å². The van der Waals surface area contributed by atoms with Gasteiger partial charge in [-0.3, -0.25) is 0 Å². The van der Waals surface area contributed by atoms with Gasteiger partial charge in [-0.25, -0.2) is 4.79 Å². The third-order valence-electron chi connectivity index (χ3n) is 2.85. The Labute approximate surface area is 125 Å². The van der Waals surface area contributed by atoms with Crippen LogP contribution in [0.2, 0.25) is 0 Å². The van der Waals surface area contributed by atoms with E-state index in [9.17, 15) is 15.0 Å². The number of ether oxygens (including phenoxy) is 1. The quantitative estimate of drug-likeness (QED) is 0.614. The highest BCUT2D eigenvalue weighted by atomic mass is 16.5. The van der Waals surface area contributed by atoms with E-state index in [0.29, 0.717) is 18.8 Å². The van der Waals surface area contributed by atoms with Crippen molar-refractivity contribution < 1.29 is 19.7 Å². The summed E-state index contributed by atoms with van der Waals surface area (Å²) in [5.74, 6) is 0.134. The van der Waals surface area contributed by atoms with E-state index >= 15 is 0 Å². The van der Waals surface area contributed by atoms with Gasteiger partial charge in [-0.1, -0.05) is 12.1 Å². The van der Waals surface area contributed by atoms with Gasteiger partial charge in [0.15, 0.2) is 0 Å². The van der Waals surface area contributed by atoms with Crippen LogP contribution in [0.4, 0.5) is 4.79 Å². The summed E-state index contributed by atoms with van der Waals surface area (Å²) in [5, 5.41) is 24.5. The molecular weight excluding hydrogens is 272 g/mol. The molecule has 4 N–H and O–H groups in total. The standard InChI is InChI=1S/C15H24N2O4/c1-4-21-10-15(2,3)17-14(20)16-9-13(19)11-5-7-12(18)8-6-11/h5-8,13,18-19H,4,9-10H2,1-3H3,(H2,16,17,20)/t13-/m0/s1. The Balaban J connectivity index is 2.40. The number of carbonyl (C=O) groups excluding carboxylic acids is 1. The molecule has 0 aliphatic carbocycles. The van der Waals surface area contributed by atoms with Gasteiger partial charge in [0.25, 0.3) is 0 Å². The molecule has 2 amide bonds. The van der Waals surface area contributed by atoms with Crippen molar-refractivity contribution in [3.05, 3.63) is 29.8 Å². The van der Waals surface area contributed by atoms with Crippen molar-refractivity contribution in [1.82, 2.24) is 10.6 Å². The lowest BCUT2D eigenvalue weighted by Gasteiger charge is -2.26. The predicted octanol–water partition coefficient (Wildman–Crippen LogP) is 1.54. The lowest BCUT2D eigenvalue weighted by atomic mass is 10.1. The fourth-order valence-electron chi connectivity index (χ4n) is 1.75. The molecule has 0 spiro atoms. The fourth-order valence-corrected chi connectivity index (χ4v) is 1.75. The minimum atomic E-state index is -0.827. The second-order valence-electron chi connectivity index (χ2n) is 5.46. The summed E-state index contributed by atoms with van der Waals surface area (Å²) in [6, 6.07) is 5.84. The number of urea groups is 1. The normalized spacial score (nSPS) is 12.8. The molecule has 118 valence electrons. The molecule has 0 unspecified atom stereocenters. The number of aromatic hydroxyl groups is 1. The molecule has 0 bridgehead atoms. The van der Waals surface area contributed by atoms with Gasteiger partial charge >= 0.3 is 6.03 Å². The van der Waals surface area contributed by atoms with Crippen LogP contribution in [0.15, 0.2) is 24.3 Å². The van der Waals surface area contributed by atoms with Crippen molar-refractivity contribution in [1.29, 1.82) is 0 Å². The molecule has 0 heterocycles. The first kappa shape index (κ1) is 17.3. The first-order valence-electron chi connectivity index (χ1n) is 6.95. The number of nitrogens with one attached hydrogen (secondary N) is 2. The van der Waals surface area contributed by atoms with E-state index < -0.39 is 11.6 Å². The van der Waals surface area contributed by atoms with Crippen LogP contribution in [0.3, 0.4) is 0 Å². The fraction of sp³-hybridized carbons (Fsp3) is 0.533. The molecule has 0 aromatic heterocycles. The van der Waals surface area contributed by atoms with Gasteiger partial charge in [0.05, 0.1) is 18.2 Å². The second-order valence-corrected chi connectivity index (χ2v) is 5.46. The monoisotopic (exact) mass is 296 g/mol. The minimum absolute atomic E-state index is 0.0846. The third kappa shape index (κ3) is 6.46. The summed E-state index contributed by atoms with van der Waals surface area (Å²) >= 11 is 0. The SMILES string of the molecule is CCOCC(C)(C)NC(=O)NC[C@H](O)c1ccc(O)cc1. The summed E-state index contributed by atoms with van der Waals surface area (Å²) in [5.41, 5.74) is 0.144. The van der Waals surface area contributed by atoms with E-state index in [1.165, 1.54) is 12.1 Å². The van der Waals surface area contributed by atoms with Gasteiger partial charge < -0.3 is 25.6 Å². The highest BCUT2D eigenvalue weighted by molar-refractivity contribution is 5.74.